The summed E-state index contributed by atoms with van der Waals surface area (Å²) in [5.41, 5.74) is 4.36. The number of carbonyl (C=O) groups is 2. The lowest BCUT2D eigenvalue weighted by atomic mass is 9.93. The van der Waals surface area contributed by atoms with Gasteiger partial charge in [0, 0.05) is 30.7 Å². The number of rotatable bonds is 4. The van der Waals surface area contributed by atoms with E-state index in [1.54, 1.807) is 6.20 Å². The topological polar surface area (TPSA) is 62.7 Å². The predicted octanol–water partition coefficient (Wildman–Crippen LogP) is 3.49. The summed E-state index contributed by atoms with van der Waals surface area (Å²) in [6.07, 6.45) is 2.42. The number of pyridine rings is 1. The molecule has 0 unspecified atom stereocenters. The number of piperazine rings is 1. The Morgan fingerprint density at radius 3 is 2.72 bits per heavy atom. The van der Waals surface area contributed by atoms with Crippen molar-refractivity contribution in [2.24, 2.45) is 5.92 Å². The van der Waals surface area contributed by atoms with Crippen LogP contribution in [0.25, 0.3) is 10.9 Å². The zero-order valence-electron chi connectivity index (χ0n) is 18.4. The quantitative estimate of drug-likeness (QED) is 0.594. The van der Waals surface area contributed by atoms with E-state index in [1.807, 2.05) is 47.4 Å². The molecule has 0 bridgehead atoms. The number of carbonyl (C=O) groups excluding carboxylic acids is 2. The zero-order chi connectivity index (χ0) is 22.2. The number of aryl methyl sites for hydroxylation is 1. The van der Waals surface area contributed by atoms with Crippen LogP contribution < -0.4 is 0 Å². The van der Waals surface area contributed by atoms with Gasteiger partial charge >= 0.3 is 5.97 Å². The molecule has 0 radical (unpaired) electrons. The summed E-state index contributed by atoms with van der Waals surface area (Å²) < 4.78 is 5.12. The minimum atomic E-state index is -0.347. The van der Waals surface area contributed by atoms with Crippen molar-refractivity contribution in [3.63, 3.8) is 0 Å². The molecule has 2 aliphatic rings. The van der Waals surface area contributed by atoms with Crippen LogP contribution >= 0.6 is 0 Å². The van der Waals surface area contributed by atoms with Gasteiger partial charge in [0.25, 0.3) is 0 Å². The van der Waals surface area contributed by atoms with Crippen molar-refractivity contribution in [3.05, 3.63) is 77.5 Å². The average Bonchev–Trinajstić information content (AvgIpc) is 3.21. The number of esters is 1. The summed E-state index contributed by atoms with van der Waals surface area (Å²) >= 11 is 0. The van der Waals surface area contributed by atoms with Crippen LogP contribution in [0, 0.1) is 12.8 Å². The lowest BCUT2D eigenvalue weighted by molar-refractivity contribution is -0.147. The fraction of sp³-hybridized carbons (Fsp3) is 0.346. The number of hydrogen-bond donors (Lipinski definition) is 0. The van der Waals surface area contributed by atoms with Gasteiger partial charge in [0.2, 0.25) is 5.91 Å². The first-order valence-corrected chi connectivity index (χ1v) is 11.1. The summed E-state index contributed by atoms with van der Waals surface area (Å²) in [4.78, 5) is 34.6. The molecule has 2 fully saturated rings. The molecule has 2 saturated heterocycles. The smallest absolute Gasteiger partial charge is 0.311 e. The van der Waals surface area contributed by atoms with Gasteiger partial charge in [-0.2, -0.15) is 0 Å². The molecule has 1 aromatic heterocycles. The highest BCUT2D eigenvalue weighted by atomic mass is 16.5. The Hall–Kier alpha value is -3.25. The van der Waals surface area contributed by atoms with Gasteiger partial charge < -0.3 is 9.64 Å². The Balaban J connectivity index is 1.44. The summed E-state index contributed by atoms with van der Waals surface area (Å²) in [5, 5.41) is 1.13. The lowest BCUT2D eigenvalue weighted by Gasteiger charge is -2.40. The van der Waals surface area contributed by atoms with Crippen molar-refractivity contribution in [1.82, 2.24) is 14.8 Å². The first-order chi connectivity index (χ1) is 15.6. The maximum Gasteiger partial charge on any atom is 0.311 e. The van der Waals surface area contributed by atoms with Crippen molar-refractivity contribution in [2.75, 3.05) is 20.2 Å². The Morgan fingerprint density at radius 2 is 1.94 bits per heavy atom. The number of benzene rings is 2. The average molecular weight is 430 g/mol. The minimum Gasteiger partial charge on any atom is -0.469 e. The van der Waals surface area contributed by atoms with Gasteiger partial charge in [-0.25, -0.2) is 0 Å². The number of amides is 1. The van der Waals surface area contributed by atoms with Crippen LogP contribution in [-0.2, 0) is 20.9 Å². The molecule has 3 aromatic rings. The fourth-order valence-electron chi connectivity index (χ4n) is 5.41. The van der Waals surface area contributed by atoms with Gasteiger partial charge in [-0.15, -0.1) is 0 Å². The normalized spacial score (nSPS) is 23.4. The molecule has 0 aliphatic carbocycles. The van der Waals surface area contributed by atoms with Crippen LogP contribution in [0.1, 0.15) is 29.2 Å². The van der Waals surface area contributed by atoms with Gasteiger partial charge in [-0.3, -0.25) is 19.5 Å². The number of nitrogens with zero attached hydrogens (tertiary/aromatic N) is 3. The molecule has 2 aliphatic heterocycles. The Kier molecular flexibility index (Phi) is 5.39. The van der Waals surface area contributed by atoms with E-state index in [0.29, 0.717) is 19.5 Å². The summed E-state index contributed by atoms with van der Waals surface area (Å²) in [6.45, 7) is 3.86. The molecule has 164 valence electrons. The Labute approximate surface area is 187 Å². The fourth-order valence-corrected chi connectivity index (χ4v) is 5.41. The molecular weight excluding hydrogens is 402 g/mol. The molecule has 0 saturated carbocycles. The van der Waals surface area contributed by atoms with Crippen molar-refractivity contribution in [1.29, 1.82) is 0 Å². The number of hydrogen-bond acceptors (Lipinski definition) is 5. The Bertz CT molecular complexity index is 1160. The van der Waals surface area contributed by atoms with Crippen LogP contribution in [-0.4, -0.2) is 52.9 Å². The number of methoxy groups -OCH3 is 1. The highest BCUT2D eigenvalue weighted by Gasteiger charge is 2.50. The van der Waals surface area contributed by atoms with Crippen LogP contribution in [0.4, 0.5) is 0 Å². The molecule has 3 heterocycles. The second kappa shape index (κ2) is 8.36. The van der Waals surface area contributed by atoms with Crippen LogP contribution in [0.3, 0.4) is 0 Å². The van der Waals surface area contributed by atoms with Crippen molar-refractivity contribution >= 4 is 22.8 Å². The van der Waals surface area contributed by atoms with Gasteiger partial charge in [-0.1, -0.05) is 42.5 Å². The van der Waals surface area contributed by atoms with E-state index in [2.05, 4.69) is 28.9 Å². The molecule has 0 N–H and O–H groups in total. The lowest BCUT2D eigenvalue weighted by Crippen LogP contribution is -2.54. The summed E-state index contributed by atoms with van der Waals surface area (Å²) in [5.74, 6) is -0.527. The molecular formula is C26H27N3O3. The first kappa shape index (κ1) is 20.6. The minimum absolute atomic E-state index is 0.0148. The highest BCUT2D eigenvalue weighted by Crippen LogP contribution is 2.43. The number of fused-ring (bicyclic) bond motifs is 2. The van der Waals surface area contributed by atoms with Crippen LogP contribution in [0.5, 0.6) is 0 Å². The standard InChI is InChI=1S/C26H27N3O3/c1-17-10-11-23-20(9-6-12-27-23)22(17)15-28-14-19-13-21(26(31)32-2)25(29(19)24(30)16-28)18-7-4-3-5-8-18/h3-12,19,21,25H,13-16H2,1-2H3/t19-,21-,25-/m0/s1. The molecule has 1 amide bonds. The monoisotopic (exact) mass is 429 g/mol. The molecule has 3 atom stereocenters. The third-order valence-corrected chi connectivity index (χ3v) is 6.87. The first-order valence-electron chi connectivity index (χ1n) is 11.1. The molecule has 2 aromatic carbocycles. The molecule has 0 spiro atoms. The summed E-state index contributed by atoms with van der Waals surface area (Å²) in [6, 6.07) is 17.7. The maximum atomic E-state index is 13.4. The van der Waals surface area contributed by atoms with Gasteiger partial charge in [0.15, 0.2) is 0 Å². The molecule has 5 rings (SSSR count). The highest BCUT2D eigenvalue weighted by molar-refractivity contribution is 5.85. The van der Waals surface area contributed by atoms with E-state index in [-0.39, 0.29) is 29.9 Å². The van der Waals surface area contributed by atoms with E-state index in [0.717, 1.165) is 23.0 Å². The van der Waals surface area contributed by atoms with Gasteiger partial charge in [-0.05, 0) is 42.2 Å². The number of aromatic nitrogens is 1. The van der Waals surface area contributed by atoms with E-state index in [1.165, 1.54) is 18.2 Å². The van der Waals surface area contributed by atoms with E-state index >= 15 is 0 Å². The van der Waals surface area contributed by atoms with Crippen LogP contribution in [0.2, 0.25) is 0 Å². The van der Waals surface area contributed by atoms with E-state index < -0.39 is 0 Å². The maximum absolute atomic E-state index is 13.4. The second-order valence-electron chi connectivity index (χ2n) is 8.78. The largest absolute Gasteiger partial charge is 0.469 e. The number of ether oxygens (including phenoxy) is 1. The van der Waals surface area contributed by atoms with Gasteiger partial charge in [0.1, 0.15) is 0 Å². The third-order valence-electron chi connectivity index (χ3n) is 6.87. The Morgan fingerprint density at radius 1 is 1.12 bits per heavy atom. The van der Waals surface area contributed by atoms with E-state index in [4.69, 9.17) is 4.74 Å². The van der Waals surface area contributed by atoms with Crippen molar-refractivity contribution in [3.8, 4) is 0 Å². The third kappa shape index (κ3) is 3.54. The molecule has 32 heavy (non-hydrogen) atoms. The van der Waals surface area contributed by atoms with Crippen molar-refractivity contribution < 1.29 is 14.3 Å². The van der Waals surface area contributed by atoms with E-state index in [9.17, 15) is 9.59 Å². The predicted molar refractivity (Wildman–Crippen MR) is 122 cm³/mol. The van der Waals surface area contributed by atoms with Gasteiger partial charge in [0.05, 0.1) is 31.1 Å². The summed E-state index contributed by atoms with van der Waals surface area (Å²) in [7, 11) is 1.42. The molecule has 6 nitrogen and oxygen atoms in total. The van der Waals surface area contributed by atoms with Crippen molar-refractivity contribution in [2.45, 2.75) is 32.0 Å². The van der Waals surface area contributed by atoms with Crippen LogP contribution in [0.15, 0.2) is 60.8 Å². The second-order valence-corrected chi connectivity index (χ2v) is 8.78. The SMILES string of the molecule is COC(=O)[C@H]1C[C@H]2CN(Cc3c(C)ccc4ncccc34)CC(=O)N2[C@H]1c1ccccc1. The molecule has 6 heteroatoms. The zero-order valence-corrected chi connectivity index (χ0v) is 18.4.